The molecular formula is C28H24F3N3O4S. The fourth-order valence-corrected chi connectivity index (χ4v) is 4.67. The van der Waals surface area contributed by atoms with Gasteiger partial charge in [-0.3, -0.25) is 14.3 Å². The number of nitriles is 1. The largest absolute Gasteiger partial charge is 0.497 e. The van der Waals surface area contributed by atoms with Crippen LogP contribution >= 0.6 is 11.9 Å². The number of hydrogen-bond acceptors (Lipinski definition) is 6. The van der Waals surface area contributed by atoms with Crippen molar-refractivity contribution in [3.63, 3.8) is 0 Å². The van der Waals surface area contributed by atoms with Crippen LogP contribution in [0.2, 0.25) is 0 Å². The average Bonchev–Trinajstić information content (AvgIpc) is 3.40. The van der Waals surface area contributed by atoms with Crippen LogP contribution in [0.1, 0.15) is 22.3 Å². The van der Waals surface area contributed by atoms with Crippen molar-refractivity contribution in [1.82, 2.24) is 9.62 Å². The van der Waals surface area contributed by atoms with Gasteiger partial charge in [-0.2, -0.15) is 18.4 Å². The molecule has 0 spiro atoms. The van der Waals surface area contributed by atoms with Gasteiger partial charge in [0.2, 0.25) is 5.91 Å². The Morgan fingerprint density at radius 1 is 1.00 bits per heavy atom. The number of amides is 2. The predicted octanol–water partition coefficient (Wildman–Crippen LogP) is 5.43. The molecule has 0 saturated carbocycles. The minimum Gasteiger partial charge on any atom is -0.497 e. The smallest absolute Gasteiger partial charge is 0.461 e. The SMILES string of the molecule is COc1ccc(C(=O)N2CCC(COc3ccc(-c4ccc(C#N)cc4)cc3)(C(=O)NSC(F)(F)F)C2)cc1. The van der Waals surface area contributed by atoms with Crippen LogP contribution in [0.5, 0.6) is 11.5 Å². The van der Waals surface area contributed by atoms with Crippen LogP contribution in [0.3, 0.4) is 0 Å². The molecule has 0 aliphatic carbocycles. The summed E-state index contributed by atoms with van der Waals surface area (Å²) in [5, 5.41) is 8.96. The predicted molar refractivity (Wildman–Crippen MR) is 140 cm³/mol. The normalized spacial score (nSPS) is 16.8. The number of alkyl halides is 3. The van der Waals surface area contributed by atoms with Gasteiger partial charge in [-0.25, -0.2) is 0 Å². The topological polar surface area (TPSA) is 91.7 Å². The molecule has 1 N–H and O–H groups in total. The molecule has 1 aliphatic heterocycles. The second kappa shape index (κ2) is 11.7. The molecule has 2 amide bonds. The number of methoxy groups -OCH3 is 1. The third-order valence-corrected chi connectivity index (χ3v) is 6.95. The van der Waals surface area contributed by atoms with Gasteiger partial charge in [0.25, 0.3) is 5.91 Å². The minimum atomic E-state index is -4.66. The number of benzene rings is 3. The Balaban J connectivity index is 1.48. The number of carbonyl (C=O) groups excluding carboxylic acids is 2. The van der Waals surface area contributed by atoms with Crippen molar-refractivity contribution in [3.05, 3.63) is 83.9 Å². The van der Waals surface area contributed by atoms with Crippen LogP contribution in [-0.4, -0.2) is 49.0 Å². The molecule has 0 radical (unpaired) electrons. The zero-order valence-corrected chi connectivity index (χ0v) is 21.6. The van der Waals surface area contributed by atoms with Crippen molar-refractivity contribution in [1.29, 1.82) is 5.26 Å². The van der Waals surface area contributed by atoms with E-state index in [4.69, 9.17) is 14.7 Å². The molecule has 7 nitrogen and oxygen atoms in total. The molecule has 0 bridgehead atoms. The molecule has 3 aromatic carbocycles. The molecule has 1 unspecified atom stereocenters. The lowest BCUT2D eigenvalue weighted by atomic mass is 9.87. The fourth-order valence-electron chi connectivity index (χ4n) is 4.25. The van der Waals surface area contributed by atoms with Gasteiger partial charge in [0.05, 0.1) is 30.7 Å². The summed E-state index contributed by atoms with van der Waals surface area (Å²) in [6.45, 7) is -0.152. The number of likely N-dealkylation sites (tertiary alicyclic amines) is 1. The Bertz CT molecular complexity index is 1360. The van der Waals surface area contributed by atoms with Crippen LogP contribution in [0.25, 0.3) is 11.1 Å². The molecule has 1 fully saturated rings. The van der Waals surface area contributed by atoms with E-state index in [1.54, 1.807) is 60.7 Å². The highest BCUT2D eigenvalue weighted by atomic mass is 32.2. The number of ether oxygens (including phenoxy) is 2. The first-order valence-electron chi connectivity index (χ1n) is 11.8. The number of rotatable bonds is 8. The molecule has 1 heterocycles. The van der Waals surface area contributed by atoms with Crippen LogP contribution < -0.4 is 14.2 Å². The molecule has 0 aromatic heterocycles. The van der Waals surface area contributed by atoms with Crippen LogP contribution in [-0.2, 0) is 4.79 Å². The average molecular weight is 556 g/mol. The summed E-state index contributed by atoms with van der Waals surface area (Å²) in [4.78, 5) is 27.5. The number of carbonyl (C=O) groups is 2. The second-order valence-corrected chi connectivity index (χ2v) is 9.84. The zero-order chi connectivity index (χ0) is 28.0. The van der Waals surface area contributed by atoms with Crippen molar-refractivity contribution < 1.29 is 32.2 Å². The van der Waals surface area contributed by atoms with E-state index in [2.05, 4.69) is 6.07 Å². The molecule has 1 saturated heterocycles. The van der Waals surface area contributed by atoms with Crippen molar-refractivity contribution in [2.45, 2.75) is 11.9 Å². The second-order valence-electron chi connectivity index (χ2n) is 8.97. The van der Waals surface area contributed by atoms with Gasteiger partial charge >= 0.3 is 5.51 Å². The molecule has 1 aliphatic rings. The molecule has 39 heavy (non-hydrogen) atoms. The molecule has 1 atom stereocenters. The van der Waals surface area contributed by atoms with E-state index in [0.717, 1.165) is 11.1 Å². The van der Waals surface area contributed by atoms with Gasteiger partial charge in [0.1, 0.15) is 23.5 Å². The molecule has 202 valence electrons. The van der Waals surface area contributed by atoms with Gasteiger partial charge < -0.3 is 14.4 Å². The van der Waals surface area contributed by atoms with E-state index in [1.165, 1.54) is 12.0 Å². The molecule has 3 aromatic rings. The lowest BCUT2D eigenvalue weighted by Gasteiger charge is -2.28. The Morgan fingerprint density at radius 2 is 1.59 bits per heavy atom. The number of nitrogens with one attached hydrogen (secondary N) is 1. The van der Waals surface area contributed by atoms with Crippen molar-refractivity contribution in [2.24, 2.45) is 5.41 Å². The monoisotopic (exact) mass is 555 g/mol. The minimum absolute atomic E-state index is 0.106. The summed E-state index contributed by atoms with van der Waals surface area (Å²) < 4.78 is 51.3. The summed E-state index contributed by atoms with van der Waals surface area (Å²) in [6.07, 6.45) is 0.127. The van der Waals surface area contributed by atoms with Gasteiger partial charge in [-0.1, -0.05) is 24.3 Å². The number of halogens is 3. The quantitative estimate of drug-likeness (QED) is 0.373. The maximum atomic E-state index is 13.1. The van der Waals surface area contributed by atoms with E-state index in [1.807, 2.05) is 16.9 Å². The zero-order valence-electron chi connectivity index (χ0n) is 20.8. The number of nitrogens with zero attached hydrogens (tertiary/aromatic N) is 2. The third-order valence-electron chi connectivity index (χ3n) is 6.44. The Kier molecular flexibility index (Phi) is 8.35. The standard InChI is InChI=1S/C28H24F3N3O4S/c1-37-23-10-8-22(9-11-23)25(35)34-15-14-27(17-34,26(36)33-39-28(29,30)31)18-38-24-12-6-21(7-13-24)20-4-2-19(16-32)3-5-20/h2-13H,14-15,17-18H2,1H3,(H,33,36). The summed E-state index contributed by atoms with van der Waals surface area (Å²) in [7, 11) is 1.50. The highest BCUT2D eigenvalue weighted by Crippen LogP contribution is 2.36. The summed E-state index contributed by atoms with van der Waals surface area (Å²) in [5.74, 6) is -0.209. The van der Waals surface area contributed by atoms with Crippen LogP contribution in [0, 0.1) is 16.7 Å². The Hall–Kier alpha value is -4.17. The van der Waals surface area contributed by atoms with Crippen molar-refractivity contribution >= 4 is 23.8 Å². The first kappa shape index (κ1) is 27.9. The van der Waals surface area contributed by atoms with Gasteiger partial charge in [0.15, 0.2) is 0 Å². The first-order chi connectivity index (χ1) is 18.6. The summed E-state index contributed by atoms with van der Waals surface area (Å²) in [5.41, 5.74) is -3.36. The first-order valence-corrected chi connectivity index (χ1v) is 12.7. The van der Waals surface area contributed by atoms with Crippen molar-refractivity contribution in [2.75, 3.05) is 26.8 Å². The molecule has 4 rings (SSSR count). The molecular weight excluding hydrogens is 531 g/mol. The van der Waals surface area contributed by atoms with E-state index in [0.29, 0.717) is 22.6 Å². The van der Waals surface area contributed by atoms with Gasteiger partial charge in [-0.05, 0) is 66.1 Å². The highest BCUT2D eigenvalue weighted by Gasteiger charge is 2.48. The Morgan fingerprint density at radius 3 is 2.15 bits per heavy atom. The maximum Gasteiger partial charge on any atom is 0.461 e. The van der Waals surface area contributed by atoms with Gasteiger partial charge in [0, 0.05) is 18.7 Å². The summed E-state index contributed by atoms with van der Waals surface area (Å²) >= 11 is -0.632. The van der Waals surface area contributed by atoms with E-state index >= 15 is 0 Å². The van der Waals surface area contributed by atoms with E-state index < -0.39 is 28.8 Å². The van der Waals surface area contributed by atoms with Gasteiger partial charge in [-0.15, -0.1) is 0 Å². The Labute approximate surface area is 227 Å². The van der Waals surface area contributed by atoms with E-state index in [9.17, 15) is 22.8 Å². The van der Waals surface area contributed by atoms with Crippen LogP contribution in [0.4, 0.5) is 13.2 Å². The lowest BCUT2D eigenvalue weighted by Crippen LogP contribution is -2.46. The van der Waals surface area contributed by atoms with Crippen LogP contribution in [0.15, 0.2) is 72.8 Å². The molecule has 11 heteroatoms. The highest BCUT2D eigenvalue weighted by molar-refractivity contribution is 7.98. The number of hydrogen-bond donors (Lipinski definition) is 1. The lowest BCUT2D eigenvalue weighted by molar-refractivity contribution is -0.130. The van der Waals surface area contributed by atoms with E-state index in [-0.39, 0.29) is 32.0 Å². The third kappa shape index (κ3) is 6.83. The summed E-state index contributed by atoms with van der Waals surface area (Å²) in [6, 6.07) is 22.6. The fraction of sp³-hybridized carbons (Fsp3) is 0.250. The maximum absolute atomic E-state index is 13.1. The van der Waals surface area contributed by atoms with Crippen molar-refractivity contribution in [3.8, 4) is 28.7 Å².